The lowest BCUT2D eigenvalue weighted by Gasteiger charge is -2.02. The van der Waals surface area contributed by atoms with Crippen LogP contribution in [0, 0.1) is 0 Å². The van der Waals surface area contributed by atoms with E-state index in [0.717, 1.165) is 25.7 Å². The Bertz CT molecular complexity index is 435. The second-order valence-electron chi connectivity index (χ2n) is 6.12. The predicted octanol–water partition coefficient (Wildman–Crippen LogP) is 5.99. The summed E-state index contributed by atoms with van der Waals surface area (Å²) in [4.78, 5) is 23.3. The summed E-state index contributed by atoms with van der Waals surface area (Å²) < 4.78 is 9.89. The summed E-state index contributed by atoms with van der Waals surface area (Å²) in [5, 5.41) is 0. The fourth-order valence-corrected chi connectivity index (χ4v) is 2.12. The number of ether oxygens (including phenoxy) is 2. The molecular formula is C21H34O4. The normalized spacial score (nSPS) is 11.1. The molecule has 0 rings (SSSR count). The SMILES string of the molecule is C=C(CC(=O)OC=CCCCCCC)C(=O)OC=CCCCCCC. The summed E-state index contributed by atoms with van der Waals surface area (Å²) in [6, 6.07) is 0. The van der Waals surface area contributed by atoms with Gasteiger partial charge in [0.1, 0.15) is 0 Å². The molecule has 0 aromatic rings. The van der Waals surface area contributed by atoms with E-state index in [-0.39, 0.29) is 12.0 Å². The largest absolute Gasteiger partial charge is 0.435 e. The highest BCUT2D eigenvalue weighted by Gasteiger charge is 2.12. The average Bonchev–Trinajstić information content (AvgIpc) is 2.59. The molecule has 4 nitrogen and oxygen atoms in total. The smallest absolute Gasteiger partial charge is 0.338 e. The molecule has 0 aliphatic carbocycles. The zero-order valence-electron chi connectivity index (χ0n) is 15.9. The topological polar surface area (TPSA) is 52.6 Å². The summed E-state index contributed by atoms with van der Waals surface area (Å²) in [6.45, 7) is 7.91. The summed E-state index contributed by atoms with van der Waals surface area (Å²) in [6.07, 6.45) is 17.4. The van der Waals surface area contributed by atoms with Gasteiger partial charge in [-0.1, -0.05) is 59.0 Å². The van der Waals surface area contributed by atoms with Crippen molar-refractivity contribution in [2.24, 2.45) is 0 Å². The van der Waals surface area contributed by atoms with Crippen LogP contribution in [0.5, 0.6) is 0 Å². The van der Waals surface area contributed by atoms with Gasteiger partial charge in [-0.05, 0) is 37.8 Å². The zero-order valence-corrected chi connectivity index (χ0v) is 15.9. The molecule has 0 saturated heterocycles. The van der Waals surface area contributed by atoms with Gasteiger partial charge in [-0.2, -0.15) is 0 Å². The summed E-state index contributed by atoms with van der Waals surface area (Å²) in [5.74, 6) is -1.10. The van der Waals surface area contributed by atoms with Gasteiger partial charge in [0.15, 0.2) is 0 Å². The molecule has 0 aliphatic rings. The van der Waals surface area contributed by atoms with E-state index in [1.54, 1.807) is 0 Å². The van der Waals surface area contributed by atoms with Crippen molar-refractivity contribution >= 4 is 11.9 Å². The average molecular weight is 350 g/mol. The molecular weight excluding hydrogens is 316 g/mol. The van der Waals surface area contributed by atoms with Gasteiger partial charge in [0.25, 0.3) is 0 Å². The standard InChI is InChI=1S/C21H34O4/c1-4-6-8-10-12-14-16-24-20(22)18-19(3)21(23)25-17-15-13-11-9-7-5-2/h14-17H,3-13,18H2,1-2H3. The molecule has 142 valence electrons. The van der Waals surface area contributed by atoms with Crippen molar-refractivity contribution in [2.45, 2.75) is 84.5 Å². The Balaban J connectivity index is 3.80. The van der Waals surface area contributed by atoms with E-state index in [4.69, 9.17) is 9.47 Å². The quantitative estimate of drug-likeness (QED) is 0.158. The highest BCUT2D eigenvalue weighted by molar-refractivity contribution is 5.93. The highest BCUT2D eigenvalue weighted by Crippen LogP contribution is 2.07. The minimum Gasteiger partial charge on any atom is -0.435 e. The molecule has 0 aromatic carbocycles. The zero-order chi connectivity index (χ0) is 18.8. The highest BCUT2D eigenvalue weighted by atomic mass is 16.5. The van der Waals surface area contributed by atoms with Crippen molar-refractivity contribution in [3.8, 4) is 0 Å². The molecule has 0 spiro atoms. The second kappa shape index (κ2) is 17.0. The van der Waals surface area contributed by atoms with Crippen LogP contribution in [0.3, 0.4) is 0 Å². The fraction of sp³-hybridized carbons (Fsp3) is 0.619. The minimum atomic E-state index is -0.592. The van der Waals surface area contributed by atoms with Gasteiger partial charge in [-0.15, -0.1) is 0 Å². The third-order valence-corrected chi connectivity index (χ3v) is 3.66. The Labute approximate surface area is 153 Å². The van der Waals surface area contributed by atoms with Gasteiger partial charge < -0.3 is 9.47 Å². The van der Waals surface area contributed by atoms with Gasteiger partial charge in [-0.25, -0.2) is 4.79 Å². The summed E-state index contributed by atoms with van der Waals surface area (Å²) in [7, 11) is 0. The van der Waals surface area contributed by atoms with Crippen LogP contribution < -0.4 is 0 Å². The van der Waals surface area contributed by atoms with Crippen LogP contribution in [0.25, 0.3) is 0 Å². The predicted molar refractivity (Wildman–Crippen MR) is 102 cm³/mol. The molecule has 0 amide bonds. The molecule has 0 saturated carbocycles. The molecule has 0 aromatic heterocycles. The maximum atomic E-state index is 11.7. The second-order valence-corrected chi connectivity index (χ2v) is 6.12. The monoisotopic (exact) mass is 350 g/mol. The Morgan fingerprint density at radius 1 is 0.800 bits per heavy atom. The fourth-order valence-electron chi connectivity index (χ4n) is 2.12. The molecule has 0 fully saturated rings. The van der Waals surface area contributed by atoms with E-state index in [9.17, 15) is 9.59 Å². The van der Waals surface area contributed by atoms with Crippen molar-refractivity contribution in [1.29, 1.82) is 0 Å². The first kappa shape index (κ1) is 23.2. The first-order valence-corrected chi connectivity index (χ1v) is 9.50. The van der Waals surface area contributed by atoms with E-state index in [1.165, 1.54) is 51.0 Å². The Hall–Kier alpha value is -1.84. The number of esters is 2. The first-order valence-electron chi connectivity index (χ1n) is 9.50. The van der Waals surface area contributed by atoms with Crippen LogP contribution in [0.1, 0.15) is 84.5 Å². The number of hydrogen-bond acceptors (Lipinski definition) is 4. The van der Waals surface area contributed by atoms with Gasteiger partial charge in [0.2, 0.25) is 0 Å². The Morgan fingerprint density at radius 2 is 1.32 bits per heavy atom. The molecule has 0 heterocycles. The number of unbranched alkanes of at least 4 members (excludes halogenated alkanes) is 8. The third-order valence-electron chi connectivity index (χ3n) is 3.66. The van der Waals surface area contributed by atoms with Gasteiger partial charge in [-0.3, -0.25) is 4.79 Å². The number of carbonyl (C=O) groups excluding carboxylic acids is 2. The van der Waals surface area contributed by atoms with E-state index in [2.05, 4.69) is 20.4 Å². The van der Waals surface area contributed by atoms with Crippen LogP contribution in [0.15, 0.2) is 36.8 Å². The van der Waals surface area contributed by atoms with E-state index in [1.807, 2.05) is 12.2 Å². The molecule has 0 unspecified atom stereocenters. The van der Waals surface area contributed by atoms with Crippen LogP contribution in [-0.2, 0) is 19.1 Å². The number of rotatable bonds is 15. The lowest BCUT2D eigenvalue weighted by atomic mass is 10.1. The summed E-state index contributed by atoms with van der Waals surface area (Å²) in [5.41, 5.74) is 0.0944. The summed E-state index contributed by atoms with van der Waals surface area (Å²) >= 11 is 0. The van der Waals surface area contributed by atoms with Crippen molar-refractivity contribution < 1.29 is 19.1 Å². The Kier molecular flexibility index (Phi) is 15.7. The van der Waals surface area contributed by atoms with Crippen molar-refractivity contribution in [2.75, 3.05) is 0 Å². The number of carbonyl (C=O) groups is 2. The van der Waals surface area contributed by atoms with Crippen LogP contribution >= 0.6 is 0 Å². The molecule has 0 atom stereocenters. The molecule has 0 aliphatic heterocycles. The van der Waals surface area contributed by atoms with Gasteiger partial charge in [0, 0.05) is 5.57 Å². The molecule has 25 heavy (non-hydrogen) atoms. The number of hydrogen-bond donors (Lipinski definition) is 0. The third kappa shape index (κ3) is 15.4. The van der Waals surface area contributed by atoms with Crippen LogP contribution in [0.2, 0.25) is 0 Å². The van der Waals surface area contributed by atoms with E-state index < -0.39 is 11.9 Å². The van der Waals surface area contributed by atoms with Crippen LogP contribution in [-0.4, -0.2) is 11.9 Å². The van der Waals surface area contributed by atoms with Gasteiger partial charge >= 0.3 is 11.9 Å². The van der Waals surface area contributed by atoms with Gasteiger partial charge in [0.05, 0.1) is 18.9 Å². The molecule has 0 bridgehead atoms. The van der Waals surface area contributed by atoms with Crippen molar-refractivity contribution in [3.63, 3.8) is 0 Å². The minimum absolute atomic E-state index is 0.0944. The molecule has 0 radical (unpaired) electrons. The first-order chi connectivity index (χ1) is 12.1. The van der Waals surface area contributed by atoms with E-state index >= 15 is 0 Å². The molecule has 4 heteroatoms. The van der Waals surface area contributed by atoms with Crippen molar-refractivity contribution in [3.05, 3.63) is 36.8 Å². The Morgan fingerprint density at radius 3 is 1.84 bits per heavy atom. The van der Waals surface area contributed by atoms with E-state index in [0.29, 0.717) is 0 Å². The van der Waals surface area contributed by atoms with Crippen molar-refractivity contribution in [1.82, 2.24) is 0 Å². The number of allylic oxidation sites excluding steroid dienone is 2. The maximum absolute atomic E-state index is 11.7. The maximum Gasteiger partial charge on any atom is 0.338 e. The lowest BCUT2D eigenvalue weighted by Crippen LogP contribution is -2.09. The molecule has 0 N–H and O–H groups in total. The lowest BCUT2D eigenvalue weighted by molar-refractivity contribution is -0.140. The van der Waals surface area contributed by atoms with Crippen LogP contribution in [0.4, 0.5) is 0 Å².